The topological polar surface area (TPSA) is 63.8 Å². The zero-order valence-corrected chi connectivity index (χ0v) is 24.1. The molecule has 0 fully saturated rings. The Kier molecular flexibility index (Phi) is 4.99. The van der Waals surface area contributed by atoms with Crippen LogP contribution < -0.4 is 5.32 Å². The van der Waals surface area contributed by atoms with Crippen molar-refractivity contribution in [1.82, 2.24) is 15.0 Å². The van der Waals surface area contributed by atoms with E-state index in [2.05, 4.69) is 121 Å². The zero-order valence-electron chi connectivity index (χ0n) is 24.1. The highest BCUT2D eigenvalue weighted by Crippen LogP contribution is 2.48. The van der Waals surface area contributed by atoms with Gasteiger partial charge >= 0.3 is 0 Å². The molecule has 0 atom stereocenters. The van der Waals surface area contributed by atoms with Gasteiger partial charge in [-0.2, -0.15) is 0 Å². The summed E-state index contributed by atoms with van der Waals surface area (Å²) in [4.78, 5) is 15.5. The van der Waals surface area contributed by atoms with E-state index in [-0.39, 0.29) is 0 Å². The average Bonchev–Trinajstić information content (AvgIpc) is 3.65. The van der Waals surface area contributed by atoms with Crippen molar-refractivity contribution in [2.45, 2.75) is 0 Å². The van der Waals surface area contributed by atoms with Crippen molar-refractivity contribution < 1.29 is 4.42 Å². The van der Waals surface area contributed by atoms with Crippen LogP contribution in [0.4, 0.5) is 5.88 Å². The van der Waals surface area contributed by atoms with Gasteiger partial charge in [0, 0.05) is 34.2 Å². The molecule has 0 amide bonds. The fraction of sp³-hybridized carbons (Fsp3) is 0.0250. The van der Waals surface area contributed by atoms with E-state index in [0.717, 1.165) is 51.0 Å². The normalized spacial score (nSPS) is 12.9. The molecule has 0 saturated heterocycles. The molecule has 3 heterocycles. The minimum absolute atomic E-state index is 0.613. The van der Waals surface area contributed by atoms with E-state index in [9.17, 15) is 0 Å². The van der Waals surface area contributed by atoms with Crippen LogP contribution in [0.5, 0.6) is 0 Å². The minimum atomic E-state index is 0.613. The van der Waals surface area contributed by atoms with Gasteiger partial charge in [-0.15, -0.1) is 0 Å². The molecule has 0 radical (unpaired) electrons. The summed E-state index contributed by atoms with van der Waals surface area (Å²) >= 11 is 0. The van der Waals surface area contributed by atoms with Gasteiger partial charge in [-0.25, -0.2) is 15.0 Å². The second-order valence-electron chi connectivity index (χ2n) is 11.6. The van der Waals surface area contributed by atoms with Crippen LogP contribution in [-0.4, -0.2) is 21.5 Å². The molecule has 5 heteroatoms. The minimum Gasteiger partial charge on any atom is -0.440 e. The lowest BCUT2D eigenvalue weighted by molar-refractivity contribution is 0.628. The van der Waals surface area contributed by atoms with Crippen LogP contribution in [0.25, 0.3) is 95.0 Å². The molecule has 0 spiro atoms. The number of fused-ring (bicyclic) bond motifs is 7. The molecule has 1 N–H and O–H groups in total. The highest BCUT2D eigenvalue weighted by Gasteiger charge is 2.24. The van der Waals surface area contributed by atoms with E-state index < -0.39 is 0 Å². The number of furan rings is 1. The second kappa shape index (κ2) is 9.21. The quantitative estimate of drug-likeness (QED) is 0.227. The maximum atomic E-state index is 6.21. The van der Waals surface area contributed by atoms with Crippen molar-refractivity contribution in [3.8, 4) is 56.4 Å². The van der Waals surface area contributed by atoms with Crippen LogP contribution in [0, 0.1) is 0 Å². The van der Waals surface area contributed by atoms with Gasteiger partial charge in [0.25, 0.3) is 0 Å². The van der Waals surface area contributed by atoms with Crippen molar-refractivity contribution in [1.29, 1.82) is 0 Å². The van der Waals surface area contributed by atoms with Gasteiger partial charge in [0.15, 0.2) is 17.5 Å². The third-order valence-corrected chi connectivity index (χ3v) is 9.04. The van der Waals surface area contributed by atoms with Gasteiger partial charge in [-0.1, -0.05) is 103 Å². The number of anilines is 1. The molecule has 0 unspecified atom stereocenters. The molecular formula is C40H24N4O. The molecule has 1 aliphatic heterocycles. The van der Waals surface area contributed by atoms with E-state index in [0.29, 0.717) is 17.5 Å². The summed E-state index contributed by atoms with van der Waals surface area (Å²) in [5.41, 5.74) is 9.62. The molecule has 0 bridgehead atoms. The predicted octanol–water partition coefficient (Wildman–Crippen LogP) is 10.0. The molecule has 6 aromatic carbocycles. The summed E-state index contributed by atoms with van der Waals surface area (Å²) in [5, 5.41) is 9.12. The highest BCUT2D eigenvalue weighted by atomic mass is 16.3. The average molecular weight is 577 g/mol. The number of aromatic nitrogens is 3. The summed E-state index contributed by atoms with van der Waals surface area (Å²) in [6.45, 7) is 0.735. The van der Waals surface area contributed by atoms with E-state index in [1.807, 2.05) is 12.1 Å². The molecule has 1 aliphatic carbocycles. The molecule has 5 nitrogen and oxygen atoms in total. The third-order valence-electron chi connectivity index (χ3n) is 9.04. The van der Waals surface area contributed by atoms with E-state index in [4.69, 9.17) is 19.4 Å². The molecule has 45 heavy (non-hydrogen) atoms. The molecule has 2 aromatic heterocycles. The number of rotatable bonds is 3. The van der Waals surface area contributed by atoms with E-state index in [1.54, 1.807) is 0 Å². The largest absolute Gasteiger partial charge is 0.440 e. The Morgan fingerprint density at radius 2 is 1.20 bits per heavy atom. The lowest BCUT2D eigenvalue weighted by Gasteiger charge is -2.12. The highest BCUT2D eigenvalue weighted by molar-refractivity contribution is 6.16. The second-order valence-corrected chi connectivity index (χ2v) is 11.6. The lowest BCUT2D eigenvalue weighted by Crippen LogP contribution is -2.02. The first-order chi connectivity index (χ1) is 22.3. The van der Waals surface area contributed by atoms with Gasteiger partial charge in [0.2, 0.25) is 5.88 Å². The molecular weight excluding hydrogens is 552 g/mol. The lowest BCUT2D eigenvalue weighted by atomic mass is 9.99. The van der Waals surface area contributed by atoms with Gasteiger partial charge in [0.05, 0.1) is 0 Å². The monoisotopic (exact) mass is 576 g/mol. The molecule has 2 aliphatic rings. The Balaban J connectivity index is 1.25. The van der Waals surface area contributed by atoms with Crippen molar-refractivity contribution in [2.24, 2.45) is 0 Å². The summed E-state index contributed by atoms with van der Waals surface area (Å²) in [6, 6.07) is 40.5. The first-order valence-corrected chi connectivity index (χ1v) is 15.2. The molecule has 0 saturated carbocycles. The maximum Gasteiger partial charge on any atom is 0.201 e. The molecule has 10 rings (SSSR count). The predicted molar refractivity (Wildman–Crippen MR) is 183 cm³/mol. The van der Waals surface area contributed by atoms with Gasteiger partial charge in [-0.05, 0) is 68.1 Å². The van der Waals surface area contributed by atoms with Crippen LogP contribution in [0.15, 0.2) is 126 Å². The number of hydrogen-bond acceptors (Lipinski definition) is 5. The fourth-order valence-corrected chi connectivity index (χ4v) is 7.01. The Bertz CT molecular complexity index is 2560. The summed E-state index contributed by atoms with van der Waals surface area (Å²) in [7, 11) is 0. The van der Waals surface area contributed by atoms with E-state index in [1.165, 1.54) is 38.4 Å². The van der Waals surface area contributed by atoms with Crippen LogP contribution in [0.2, 0.25) is 0 Å². The van der Waals surface area contributed by atoms with E-state index >= 15 is 0 Å². The number of benzene rings is 6. The summed E-state index contributed by atoms with van der Waals surface area (Å²) in [6.07, 6.45) is 4.23. The van der Waals surface area contributed by atoms with Crippen LogP contribution in [-0.2, 0) is 0 Å². The Labute approximate surface area is 258 Å². The number of hydrogen-bond donors (Lipinski definition) is 1. The van der Waals surface area contributed by atoms with Crippen molar-refractivity contribution in [3.63, 3.8) is 0 Å². The van der Waals surface area contributed by atoms with Gasteiger partial charge in [-0.3, -0.25) is 0 Å². The van der Waals surface area contributed by atoms with Crippen molar-refractivity contribution in [2.75, 3.05) is 11.9 Å². The third kappa shape index (κ3) is 3.64. The SMILES string of the molecule is C1=Cc2c(oc3cccc(-c4nc(-c5ccc6ccccc6c5)nc(-c5cc6c7c(cccc7c5)-c5ccccc5-6)n4)c23)NC1. The Morgan fingerprint density at radius 3 is 2.11 bits per heavy atom. The molecule has 210 valence electrons. The van der Waals surface area contributed by atoms with Crippen LogP contribution in [0.3, 0.4) is 0 Å². The van der Waals surface area contributed by atoms with Crippen molar-refractivity contribution in [3.05, 3.63) is 127 Å². The van der Waals surface area contributed by atoms with Crippen molar-refractivity contribution >= 4 is 44.5 Å². The Hall–Kier alpha value is -6.07. The first-order valence-electron chi connectivity index (χ1n) is 15.2. The summed E-state index contributed by atoms with van der Waals surface area (Å²) in [5.74, 6) is 2.66. The van der Waals surface area contributed by atoms with Gasteiger partial charge in [0.1, 0.15) is 5.58 Å². The zero-order chi connectivity index (χ0) is 29.5. The van der Waals surface area contributed by atoms with Crippen LogP contribution in [0.1, 0.15) is 5.56 Å². The number of nitrogens with zero attached hydrogens (tertiary/aromatic N) is 3. The first kappa shape index (κ1) is 24.4. The maximum absolute atomic E-state index is 6.21. The standard InChI is InChI=1S/C40H24N4O/c1-2-9-24-20-26(18-17-23(24)8-1)37-42-38(27-21-25-10-5-13-30-28-11-3-4-12-29(28)33(22-27)35(25)30)44-39(43-37)31-14-6-16-34-36(31)32-15-7-19-41-40(32)45-34/h1-18,20-22,41H,19H2. The Morgan fingerprint density at radius 1 is 0.511 bits per heavy atom. The molecule has 8 aromatic rings. The summed E-state index contributed by atoms with van der Waals surface area (Å²) < 4.78 is 6.21. The number of nitrogens with one attached hydrogen (secondary N) is 1. The fourth-order valence-electron chi connectivity index (χ4n) is 7.01. The smallest absolute Gasteiger partial charge is 0.201 e. The van der Waals surface area contributed by atoms with Crippen LogP contribution >= 0.6 is 0 Å². The van der Waals surface area contributed by atoms with Gasteiger partial charge < -0.3 is 9.73 Å².